The minimum atomic E-state index is 0.0166. The molecule has 1 saturated carbocycles. The number of hydrogen-bond donors (Lipinski definition) is 2. The molecule has 0 bridgehead atoms. The van der Waals surface area contributed by atoms with Gasteiger partial charge in [-0.3, -0.25) is 4.79 Å². The van der Waals surface area contributed by atoms with Crippen LogP contribution in [0.2, 0.25) is 0 Å². The topological polar surface area (TPSA) is 55.1 Å². The number of rotatable bonds is 6. The van der Waals surface area contributed by atoms with Crippen LogP contribution in [0, 0.1) is 5.92 Å². The summed E-state index contributed by atoms with van der Waals surface area (Å²) in [6.45, 7) is 4.61. The first-order chi connectivity index (χ1) is 9.02. The lowest BCUT2D eigenvalue weighted by Gasteiger charge is -2.13. The van der Waals surface area contributed by atoms with E-state index in [4.69, 9.17) is 5.73 Å². The predicted octanol–water partition coefficient (Wildman–Crippen LogP) is 2.04. The first kappa shape index (κ1) is 14.1. The normalized spacial score (nSPS) is 17.8. The van der Waals surface area contributed by atoms with Crippen LogP contribution in [0.3, 0.4) is 0 Å². The number of carbonyl (C=O) groups excluding carboxylic acids is 1. The fourth-order valence-corrected chi connectivity index (χ4v) is 2.41. The highest BCUT2D eigenvalue weighted by atomic mass is 16.1. The Bertz CT molecular complexity index is 452. The Labute approximate surface area is 115 Å². The quantitative estimate of drug-likeness (QED) is 0.822. The van der Waals surface area contributed by atoms with Crippen molar-refractivity contribution in [2.75, 3.05) is 6.54 Å². The van der Waals surface area contributed by atoms with Crippen LogP contribution in [0.25, 0.3) is 0 Å². The molecule has 0 aliphatic heterocycles. The summed E-state index contributed by atoms with van der Waals surface area (Å²) < 4.78 is 0. The van der Waals surface area contributed by atoms with Crippen LogP contribution in [0.5, 0.6) is 0 Å². The molecule has 1 fully saturated rings. The van der Waals surface area contributed by atoms with Gasteiger partial charge in [-0.1, -0.05) is 31.2 Å². The summed E-state index contributed by atoms with van der Waals surface area (Å²) in [6.07, 6.45) is 4.01. The Hall–Kier alpha value is -1.35. The second-order valence-electron chi connectivity index (χ2n) is 5.86. The summed E-state index contributed by atoms with van der Waals surface area (Å²) >= 11 is 0. The van der Waals surface area contributed by atoms with E-state index in [-0.39, 0.29) is 17.4 Å². The molecule has 1 aliphatic carbocycles. The Morgan fingerprint density at radius 3 is 2.74 bits per heavy atom. The molecule has 1 aliphatic rings. The first-order valence-corrected chi connectivity index (χ1v) is 7.17. The van der Waals surface area contributed by atoms with Gasteiger partial charge in [-0.2, -0.15) is 0 Å². The summed E-state index contributed by atoms with van der Waals surface area (Å²) in [5.41, 5.74) is 8.71. The van der Waals surface area contributed by atoms with Crippen molar-refractivity contribution in [2.24, 2.45) is 11.7 Å². The van der Waals surface area contributed by atoms with Gasteiger partial charge in [0.2, 0.25) is 5.91 Å². The Kier molecular flexibility index (Phi) is 4.25. The lowest BCUT2D eigenvalue weighted by atomic mass is 9.96. The lowest BCUT2D eigenvalue weighted by Crippen LogP contribution is -2.30. The highest BCUT2D eigenvalue weighted by molar-refractivity contribution is 5.78. The SMILES string of the molecule is CCNC(=O)C(C)Cc1cccc(CC2(N)CC2)c1. The number of nitrogens with two attached hydrogens (primary N) is 1. The van der Waals surface area contributed by atoms with E-state index in [9.17, 15) is 4.79 Å². The molecule has 3 nitrogen and oxygen atoms in total. The molecule has 0 heterocycles. The Morgan fingerprint density at radius 1 is 1.42 bits per heavy atom. The molecule has 0 aromatic heterocycles. The maximum atomic E-state index is 11.7. The molecule has 1 atom stereocenters. The zero-order chi connectivity index (χ0) is 13.9. The molecule has 1 unspecified atom stereocenters. The van der Waals surface area contributed by atoms with Crippen LogP contribution in [-0.2, 0) is 17.6 Å². The summed E-state index contributed by atoms with van der Waals surface area (Å²) in [6, 6.07) is 8.49. The van der Waals surface area contributed by atoms with Crippen molar-refractivity contribution < 1.29 is 4.79 Å². The molecule has 1 aromatic carbocycles. The first-order valence-electron chi connectivity index (χ1n) is 7.17. The fourth-order valence-electron chi connectivity index (χ4n) is 2.41. The number of benzene rings is 1. The molecule has 1 aromatic rings. The van der Waals surface area contributed by atoms with Crippen molar-refractivity contribution in [2.45, 2.75) is 45.1 Å². The maximum Gasteiger partial charge on any atom is 0.223 e. The van der Waals surface area contributed by atoms with E-state index >= 15 is 0 Å². The highest BCUT2D eigenvalue weighted by Crippen LogP contribution is 2.35. The number of hydrogen-bond acceptors (Lipinski definition) is 2. The fraction of sp³-hybridized carbons (Fsp3) is 0.562. The van der Waals surface area contributed by atoms with Gasteiger partial charge in [-0.05, 0) is 43.7 Å². The van der Waals surface area contributed by atoms with E-state index in [0.717, 1.165) is 25.7 Å². The van der Waals surface area contributed by atoms with Gasteiger partial charge >= 0.3 is 0 Å². The zero-order valence-corrected chi connectivity index (χ0v) is 11.9. The van der Waals surface area contributed by atoms with E-state index in [0.29, 0.717) is 6.54 Å². The van der Waals surface area contributed by atoms with Gasteiger partial charge in [-0.25, -0.2) is 0 Å². The molecule has 3 heteroatoms. The van der Waals surface area contributed by atoms with Crippen LogP contribution >= 0.6 is 0 Å². The number of nitrogens with one attached hydrogen (secondary N) is 1. The van der Waals surface area contributed by atoms with E-state index < -0.39 is 0 Å². The van der Waals surface area contributed by atoms with Gasteiger partial charge in [-0.15, -0.1) is 0 Å². The lowest BCUT2D eigenvalue weighted by molar-refractivity contribution is -0.124. The maximum absolute atomic E-state index is 11.7. The van der Waals surface area contributed by atoms with Crippen molar-refractivity contribution in [3.63, 3.8) is 0 Å². The molecular weight excluding hydrogens is 236 g/mol. The number of amides is 1. The molecular formula is C16H24N2O. The third-order valence-electron chi connectivity index (χ3n) is 3.78. The van der Waals surface area contributed by atoms with Crippen LogP contribution in [-0.4, -0.2) is 18.0 Å². The van der Waals surface area contributed by atoms with Crippen LogP contribution in [0.4, 0.5) is 0 Å². The molecule has 3 N–H and O–H groups in total. The summed E-state index contributed by atoms with van der Waals surface area (Å²) in [5.74, 6) is 0.147. The van der Waals surface area contributed by atoms with Crippen LogP contribution in [0.15, 0.2) is 24.3 Å². The minimum Gasteiger partial charge on any atom is -0.356 e. The van der Waals surface area contributed by atoms with Gasteiger partial charge in [0, 0.05) is 18.0 Å². The second kappa shape index (κ2) is 5.74. The monoisotopic (exact) mass is 260 g/mol. The molecule has 0 spiro atoms. The van der Waals surface area contributed by atoms with Crippen molar-refractivity contribution in [1.82, 2.24) is 5.32 Å². The van der Waals surface area contributed by atoms with E-state index in [1.807, 2.05) is 13.8 Å². The van der Waals surface area contributed by atoms with E-state index in [1.165, 1.54) is 11.1 Å². The largest absolute Gasteiger partial charge is 0.356 e. The van der Waals surface area contributed by atoms with Gasteiger partial charge < -0.3 is 11.1 Å². The van der Waals surface area contributed by atoms with Gasteiger partial charge in [0.1, 0.15) is 0 Å². The van der Waals surface area contributed by atoms with Crippen molar-refractivity contribution in [3.05, 3.63) is 35.4 Å². The molecule has 1 amide bonds. The van der Waals surface area contributed by atoms with E-state index in [2.05, 4.69) is 29.6 Å². The average molecular weight is 260 g/mol. The summed E-state index contributed by atoms with van der Waals surface area (Å²) in [4.78, 5) is 11.7. The minimum absolute atomic E-state index is 0.0166. The summed E-state index contributed by atoms with van der Waals surface area (Å²) in [5, 5.41) is 2.87. The number of carbonyl (C=O) groups is 1. The van der Waals surface area contributed by atoms with Crippen LogP contribution in [0.1, 0.15) is 37.8 Å². The van der Waals surface area contributed by atoms with Crippen LogP contribution < -0.4 is 11.1 Å². The molecule has 104 valence electrons. The third-order valence-corrected chi connectivity index (χ3v) is 3.78. The van der Waals surface area contributed by atoms with Crippen molar-refractivity contribution in [3.8, 4) is 0 Å². The Morgan fingerprint density at radius 2 is 2.11 bits per heavy atom. The predicted molar refractivity (Wildman–Crippen MR) is 77.9 cm³/mol. The van der Waals surface area contributed by atoms with E-state index in [1.54, 1.807) is 0 Å². The third kappa shape index (κ3) is 4.06. The summed E-state index contributed by atoms with van der Waals surface area (Å²) in [7, 11) is 0. The highest BCUT2D eigenvalue weighted by Gasteiger charge is 2.37. The standard InChI is InChI=1S/C16H24N2O/c1-3-18-15(19)12(2)9-13-5-4-6-14(10-13)11-16(17)7-8-16/h4-6,10,12H,3,7-9,11,17H2,1-2H3,(H,18,19). The molecule has 0 radical (unpaired) electrons. The molecule has 0 saturated heterocycles. The van der Waals surface area contributed by atoms with Gasteiger partial charge in [0.05, 0.1) is 0 Å². The smallest absolute Gasteiger partial charge is 0.223 e. The average Bonchev–Trinajstić information content (AvgIpc) is 3.07. The van der Waals surface area contributed by atoms with Crippen molar-refractivity contribution >= 4 is 5.91 Å². The Balaban J connectivity index is 1.96. The van der Waals surface area contributed by atoms with Gasteiger partial charge in [0.25, 0.3) is 0 Å². The molecule has 2 rings (SSSR count). The second-order valence-corrected chi connectivity index (χ2v) is 5.86. The van der Waals surface area contributed by atoms with Crippen molar-refractivity contribution in [1.29, 1.82) is 0 Å². The van der Waals surface area contributed by atoms with Gasteiger partial charge in [0.15, 0.2) is 0 Å². The molecule has 19 heavy (non-hydrogen) atoms. The zero-order valence-electron chi connectivity index (χ0n) is 11.9.